The third-order valence-electron chi connectivity index (χ3n) is 1.28. The van der Waals surface area contributed by atoms with Gasteiger partial charge in [-0.1, -0.05) is 28.9 Å². The molecule has 1 aromatic heterocycles. The first-order chi connectivity index (χ1) is 6.17. The molecule has 0 aliphatic carbocycles. The predicted octanol–water partition coefficient (Wildman–Crippen LogP) is 2.10. The van der Waals surface area contributed by atoms with Gasteiger partial charge in [0.05, 0.1) is 6.04 Å². The molecule has 0 bridgehead atoms. The molecule has 0 amide bonds. The summed E-state index contributed by atoms with van der Waals surface area (Å²) in [6.45, 7) is 1.82. The third kappa shape index (κ3) is 2.35. The molecule has 1 N–H and O–H groups in total. The van der Waals surface area contributed by atoms with E-state index in [0.717, 1.165) is 0 Å². The highest BCUT2D eigenvalue weighted by Gasteiger charge is 2.09. The van der Waals surface area contributed by atoms with Crippen LogP contribution >= 0.6 is 22.9 Å². The lowest BCUT2D eigenvalue weighted by Gasteiger charge is -2.03. The number of nitrogens with zero attached hydrogens (tertiary/aromatic N) is 2. The van der Waals surface area contributed by atoms with Gasteiger partial charge in [-0.15, -0.1) is 6.42 Å². The number of hydrogen-bond acceptors (Lipinski definition) is 4. The topological polar surface area (TPSA) is 48.7 Å². The molecule has 1 heterocycles. The Morgan fingerprint density at radius 2 is 2.46 bits per heavy atom. The minimum Gasteiger partial charge on any atom is -0.348 e. The van der Waals surface area contributed by atoms with Crippen molar-refractivity contribution >= 4 is 28.1 Å². The summed E-state index contributed by atoms with van der Waals surface area (Å²) in [4.78, 5) is 4.32. The summed E-state index contributed by atoms with van der Waals surface area (Å²) in [5, 5.41) is 12.3. The maximum Gasteiger partial charge on any atom is 0.186 e. The summed E-state index contributed by atoms with van der Waals surface area (Å²) in [6.07, 6.45) is 5.16. The van der Waals surface area contributed by atoms with Crippen molar-refractivity contribution < 1.29 is 0 Å². The van der Waals surface area contributed by atoms with E-state index in [-0.39, 0.29) is 11.2 Å². The zero-order valence-electron chi connectivity index (χ0n) is 6.84. The molecule has 1 aromatic rings. The summed E-state index contributed by atoms with van der Waals surface area (Å²) in [5.74, 6) is 2.49. The molecule has 3 nitrogen and oxygen atoms in total. The van der Waals surface area contributed by atoms with Gasteiger partial charge in [0.15, 0.2) is 10.3 Å². The van der Waals surface area contributed by atoms with Crippen molar-refractivity contribution in [1.29, 1.82) is 5.26 Å². The van der Waals surface area contributed by atoms with E-state index in [4.69, 9.17) is 23.3 Å². The van der Waals surface area contributed by atoms with E-state index < -0.39 is 0 Å². The SMILES string of the molecule is C#CC(C)Nc1nc(Cl)c(C#N)s1. The number of rotatable bonds is 2. The van der Waals surface area contributed by atoms with E-state index in [9.17, 15) is 0 Å². The molecule has 0 saturated heterocycles. The van der Waals surface area contributed by atoms with Crippen LogP contribution < -0.4 is 5.32 Å². The Bertz CT molecular complexity index is 385. The largest absolute Gasteiger partial charge is 0.348 e. The summed E-state index contributed by atoms with van der Waals surface area (Å²) in [7, 11) is 0. The molecule has 1 atom stereocenters. The van der Waals surface area contributed by atoms with Gasteiger partial charge in [-0.3, -0.25) is 0 Å². The second kappa shape index (κ2) is 4.13. The van der Waals surface area contributed by atoms with Crippen LogP contribution in [0.3, 0.4) is 0 Å². The van der Waals surface area contributed by atoms with Crippen molar-refractivity contribution in [2.24, 2.45) is 0 Å². The molecule has 0 spiro atoms. The second-order valence-electron chi connectivity index (χ2n) is 2.28. The van der Waals surface area contributed by atoms with Crippen molar-refractivity contribution in [2.45, 2.75) is 13.0 Å². The first kappa shape index (κ1) is 9.85. The van der Waals surface area contributed by atoms with E-state index in [1.165, 1.54) is 11.3 Å². The number of hydrogen-bond donors (Lipinski definition) is 1. The summed E-state index contributed by atoms with van der Waals surface area (Å²) < 4.78 is 0. The van der Waals surface area contributed by atoms with Gasteiger partial charge in [-0.25, -0.2) is 4.98 Å². The maximum absolute atomic E-state index is 8.59. The van der Waals surface area contributed by atoms with Crippen LogP contribution in [-0.4, -0.2) is 11.0 Å². The average Bonchev–Trinajstić information content (AvgIpc) is 2.46. The lowest BCUT2D eigenvalue weighted by Crippen LogP contribution is -2.11. The molecular weight excluding hydrogens is 206 g/mol. The number of halogens is 1. The van der Waals surface area contributed by atoms with E-state index in [1.54, 1.807) is 0 Å². The molecule has 0 aromatic carbocycles. The van der Waals surface area contributed by atoms with Crippen LogP contribution in [0.15, 0.2) is 0 Å². The number of thiazole rings is 1. The molecule has 0 aliphatic heterocycles. The minimum absolute atomic E-state index is 0.117. The first-order valence-corrected chi connectivity index (χ1v) is 4.66. The maximum atomic E-state index is 8.59. The van der Waals surface area contributed by atoms with E-state index in [1.807, 2.05) is 13.0 Å². The molecule has 0 saturated carbocycles. The zero-order chi connectivity index (χ0) is 9.84. The molecule has 1 rings (SSSR count). The van der Waals surface area contributed by atoms with Crippen LogP contribution in [0, 0.1) is 23.7 Å². The van der Waals surface area contributed by atoms with Crippen LogP contribution in [0.1, 0.15) is 11.8 Å². The highest BCUT2D eigenvalue weighted by atomic mass is 35.5. The molecule has 13 heavy (non-hydrogen) atoms. The van der Waals surface area contributed by atoms with Gasteiger partial charge in [-0.05, 0) is 6.92 Å². The Hall–Kier alpha value is -1.23. The smallest absolute Gasteiger partial charge is 0.186 e. The van der Waals surface area contributed by atoms with Crippen LogP contribution in [0.25, 0.3) is 0 Å². The highest BCUT2D eigenvalue weighted by Crippen LogP contribution is 2.26. The van der Waals surface area contributed by atoms with Crippen molar-refractivity contribution in [3.8, 4) is 18.4 Å². The van der Waals surface area contributed by atoms with Gasteiger partial charge in [0, 0.05) is 0 Å². The zero-order valence-corrected chi connectivity index (χ0v) is 8.41. The molecule has 1 unspecified atom stereocenters. The lowest BCUT2D eigenvalue weighted by atomic mass is 10.4. The molecule has 66 valence electrons. The number of aromatic nitrogens is 1. The number of nitriles is 1. The summed E-state index contributed by atoms with van der Waals surface area (Å²) in [6, 6.07) is 1.82. The Morgan fingerprint density at radius 1 is 1.77 bits per heavy atom. The summed E-state index contributed by atoms with van der Waals surface area (Å²) >= 11 is 6.85. The van der Waals surface area contributed by atoms with Crippen LogP contribution in [0.5, 0.6) is 0 Å². The van der Waals surface area contributed by atoms with Gasteiger partial charge in [0.2, 0.25) is 0 Å². The van der Waals surface area contributed by atoms with Crippen LogP contribution in [0.4, 0.5) is 5.13 Å². The Kier molecular flexibility index (Phi) is 3.13. The molecule has 0 fully saturated rings. The number of nitrogens with one attached hydrogen (secondary N) is 1. The Morgan fingerprint density at radius 3 is 2.92 bits per heavy atom. The van der Waals surface area contributed by atoms with Crippen LogP contribution in [-0.2, 0) is 0 Å². The van der Waals surface area contributed by atoms with Gasteiger partial charge >= 0.3 is 0 Å². The monoisotopic (exact) mass is 211 g/mol. The van der Waals surface area contributed by atoms with Gasteiger partial charge < -0.3 is 5.32 Å². The standard InChI is InChI=1S/C8H6ClN3S/c1-3-5(2)11-8-12-7(9)6(4-10)13-8/h1,5H,2H3,(H,11,12). The molecule has 0 aliphatic rings. The van der Waals surface area contributed by atoms with Gasteiger partial charge in [0.25, 0.3) is 0 Å². The quantitative estimate of drug-likeness (QED) is 0.763. The number of anilines is 1. The predicted molar refractivity (Wildman–Crippen MR) is 53.8 cm³/mol. The van der Waals surface area contributed by atoms with Gasteiger partial charge in [0.1, 0.15) is 10.9 Å². The van der Waals surface area contributed by atoms with Crippen molar-refractivity contribution in [3.05, 3.63) is 10.0 Å². The molecular formula is C8H6ClN3S. The normalized spacial score (nSPS) is 11.4. The van der Waals surface area contributed by atoms with Crippen molar-refractivity contribution in [1.82, 2.24) is 4.98 Å². The summed E-state index contributed by atoms with van der Waals surface area (Å²) in [5.41, 5.74) is 0. The highest BCUT2D eigenvalue weighted by molar-refractivity contribution is 7.16. The first-order valence-electron chi connectivity index (χ1n) is 3.46. The van der Waals surface area contributed by atoms with Gasteiger partial charge in [-0.2, -0.15) is 5.26 Å². The van der Waals surface area contributed by atoms with Crippen molar-refractivity contribution in [2.75, 3.05) is 5.32 Å². The Labute approximate surface area is 85.4 Å². The minimum atomic E-state index is -0.117. The van der Waals surface area contributed by atoms with Crippen LogP contribution in [0.2, 0.25) is 5.15 Å². The second-order valence-corrected chi connectivity index (χ2v) is 3.64. The molecule has 0 radical (unpaired) electrons. The lowest BCUT2D eigenvalue weighted by molar-refractivity contribution is 1.03. The van der Waals surface area contributed by atoms with E-state index >= 15 is 0 Å². The fourth-order valence-corrected chi connectivity index (χ4v) is 1.69. The third-order valence-corrected chi connectivity index (χ3v) is 2.55. The van der Waals surface area contributed by atoms with E-state index in [2.05, 4.69) is 16.2 Å². The fraction of sp³-hybridized carbons (Fsp3) is 0.250. The average molecular weight is 212 g/mol. The Balaban J connectivity index is 2.82. The molecule has 5 heteroatoms. The number of terminal acetylenes is 1. The van der Waals surface area contributed by atoms with E-state index in [0.29, 0.717) is 10.0 Å². The fourth-order valence-electron chi connectivity index (χ4n) is 0.659. The van der Waals surface area contributed by atoms with Crippen molar-refractivity contribution in [3.63, 3.8) is 0 Å².